The molecule has 0 unspecified atom stereocenters. The lowest BCUT2D eigenvalue weighted by Crippen LogP contribution is -2.02. The van der Waals surface area contributed by atoms with Crippen LogP contribution in [-0.4, -0.2) is 9.55 Å². The van der Waals surface area contributed by atoms with Crippen LogP contribution in [0.5, 0.6) is 0 Å². The molecule has 1 aromatic heterocycles. The van der Waals surface area contributed by atoms with E-state index in [4.69, 9.17) is 22.3 Å². The van der Waals surface area contributed by atoms with Gasteiger partial charge in [0.1, 0.15) is 5.82 Å². The molecule has 0 atom stereocenters. The van der Waals surface area contributed by atoms with Crippen LogP contribution in [0.3, 0.4) is 0 Å². The van der Waals surface area contributed by atoms with Gasteiger partial charge in [-0.3, -0.25) is 0 Å². The van der Waals surface area contributed by atoms with Crippen LogP contribution < -0.4 is 5.73 Å². The molecule has 106 valence electrons. The number of rotatable bonds is 3. The number of benzene rings is 2. The van der Waals surface area contributed by atoms with Crippen LogP contribution in [0.25, 0.3) is 11.0 Å². The molecule has 0 radical (unpaired) electrons. The summed E-state index contributed by atoms with van der Waals surface area (Å²) in [4.78, 5) is 4.81. The predicted octanol–water partition coefficient (Wildman–Crippen LogP) is 4.20. The number of nitrogens with zero attached hydrogens (tertiary/aromatic N) is 2. The van der Waals surface area contributed by atoms with Crippen LogP contribution in [0, 0.1) is 0 Å². The minimum absolute atomic E-state index is 0.581. The third kappa shape index (κ3) is 2.38. The number of halogens is 1. The molecule has 1 saturated carbocycles. The fourth-order valence-electron chi connectivity index (χ4n) is 2.80. The number of hydrogen-bond donors (Lipinski definition) is 1. The first-order valence-electron chi connectivity index (χ1n) is 7.21. The number of nitrogens with two attached hydrogens (primary N) is 1. The summed E-state index contributed by atoms with van der Waals surface area (Å²) in [5.41, 5.74) is 9.95. The highest BCUT2D eigenvalue weighted by Crippen LogP contribution is 2.39. The second-order valence-electron chi connectivity index (χ2n) is 5.68. The first-order chi connectivity index (χ1) is 10.2. The average Bonchev–Trinajstić information content (AvgIpc) is 3.24. The van der Waals surface area contributed by atoms with Crippen molar-refractivity contribution >= 4 is 28.3 Å². The number of anilines is 1. The summed E-state index contributed by atoms with van der Waals surface area (Å²) in [6.07, 6.45) is 3.28. The van der Waals surface area contributed by atoms with E-state index >= 15 is 0 Å². The fraction of sp³-hybridized carbons (Fsp3) is 0.235. The van der Waals surface area contributed by atoms with Crippen molar-refractivity contribution in [2.24, 2.45) is 0 Å². The number of nitrogen functional groups attached to an aromatic ring is 1. The Bertz CT molecular complexity index is 801. The Balaban J connectivity index is 1.80. The number of aromatic nitrogens is 2. The van der Waals surface area contributed by atoms with Crippen LogP contribution in [0.15, 0.2) is 42.5 Å². The van der Waals surface area contributed by atoms with Crippen LogP contribution >= 0.6 is 11.6 Å². The Hall–Kier alpha value is -2.00. The Morgan fingerprint density at radius 1 is 1.14 bits per heavy atom. The Labute approximate surface area is 128 Å². The van der Waals surface area contributed by atoms with Crippen molar-refractivity contribution in [1.82, 2.24) is 9.55 Å². The van der Waals surface area contributed by atoms with Gasteiger partial charge < -0.3 is 10.3 Å². The highest BCUT2D eigenvalue weighted by atomic mass is 35.5. The second-order valence-corrected chi connectivity index (χ2v) is 6.12. The third-order valence-corrected chi connectivity index (χ3v) is 4.21. The van der Waals surface area contributed by atoms with Crippen molar-refractivity contribution in [3.63, 3.8) is 0 Å². The van der Waals surface area contributed by atoms with E-state index in [1.54, 1.807) is 0 Å². The molecule has 0 spiro atoms. The van der Waals surface area contributed by atoms with Crippen molar-refractivity contribution in [3.05, 3.63) is 58.9 Å². The topological polar surface area (TPSA) is 43.8 Å². The molecular weight excluding hydrogens is 282 g/mol. The van der Waals surface area contributed by atoms with Gasteiger partial charge in [-0.15, -0.1) is 0 Å². The van der Waals surface area contributed by atoms with E-state index < -0.39 is 0 Å². The third-order valence-electron chi connectivity index (χ3n) is 3.98. The zero-order valence-electron chi connectivity index (χ0n) is 11.6. The van der Waals surface area contributed by atoms with E-state index in [1.807, 2.05) is 30.3 Å². The zero-order chi connectivity index (χ0) is 14.4. The first-order valence-corrected chi connectivity index (χ1v) is 7.59. The van der Waals surface area contributed by atoms with Gasteiger partial charge >= 0.3 is 0 Å². The summed E-state index contributed by atoms with van der Waals surface area (Å²) in [6.45, 7) is 0. The lowest BCUT2D eigenvalue weighted by molar-refractivity contribution is 0.715. The van der Waals surface area contributed by atoms with Crippen LogP contribution in [0.4, 0.5) is 5.69 Å². The fourth-order valence-corrected chi connectivity index (χ4v) is 2.97. The van der Waals surface area contributed by atoms with Gasteiger partial charge in [-0.25, -0.2) is 4.98 Å². The Morgan fingerprint density at radius 3 is 2.62 bits per heavy atom. The summed E-state index contributed by atoms with van der Waals surface area (Å²) in [6, 6.07) is 14.5. The van der Waals surface area contributed by atoms with Crippen molar-refractivity contribution in [1.29, 1.82) is 0 Å². The predicted molar refractivity (Wildman–Crippen MR) is 86.7 cm³/mol. The lowest BCUT2D eigenvalue weighted by atomic mass is 10.1. The number of hydrogen-bond acceptors (Lipinski definition) is 2. The highest BCUT2D eigenvalue weighted by molar-refractivity contribution is 6.31. The summed E-state index contributed by atoms with van der Waals surface area (Å²) in [7, 11) is 0. The van der Waals surface area contributed by atoms with Gasteiger partial charge in [0.05, 0.1) is 11.0 Å². The summed E-state index contributed by atoms with van der Waals surface area (Å²) in [5.74, 6) is 1.11. The molecule has 1 aliphatic carbocycles. The van der Waals surface area contributed by atoms with Gasteiger partial charge in [-0.2, -0.15) is 0 Å². The molecule has 3 nitrogen and oxygen atoms in total. The van der Waals surface area contributed by atoms with Gasteiger partial charge in [0, 0.05) is 23.2 Å². The van der Waals surface area contributed by atoms with E-state index in [0.29, 0.717) is 6.04 Å². The standard InChI is InChI=1S/C17H16ClN3/c18-12-3-8-15-16(10-12)21(14-6-7-14)17(20-15)9-11-1-4-13(19)5-2-11/h1-5,8,10,14H,6-7,9,19H2. The average molecular weight is 298 g/mol. The van der Waals surface area contributed by atoms with Gasteiger partial charge in [0.25, 0.3) is 0 Å². The van der Waals surface area contributed by atoms with E-state index in [2.05, 4.69) is 16.7 Å². The maximum Gasteiger partial charge on any atom is 0.114 e. The monoisotopic (exact) mass is 297 g/mol. The molecule has 0 aliphatic heterocycles. The van der Waals surface area contributed by atoms with Gasteiger partial charge in [0.15, 0.2) is 0 Å². The van der Waals surface area contributed by atoms with Crippen molar-refractivity contribution in [2.45, 2.75) is 25.3 Å². The van der Waals surface area contributed by atoms with Crippen LogP contribution in [-0.2, 0) is 6.42 Å². The molecule has 0 saturated heterocycles. The maximum atomic E-state index is 6.15. The molecule has 21 heavy (non-hydrogen) atoms. The summed E-state index contributed by atoms with van der Waals surface area (Å²) < 4.78 is 2.36. The molecule has 1 heterocycles. The summed E-state index contributed by atoms with van der Waals surface area (Å²) >= 11 is 6.15. The molecule has 1 fully saturated rings. The largest absolute Gasteiger partial charge is 0.399 e. The van der Waals surface area contributed by atoms with Gasteiger partial charge in [0.2, 0.25) is 0 Å². The first kappa shape index (κ1) is 12.7. The van der Waals surface area contributed by atoms with E-state index in [0.717, 1.165) is 34.0 Å². The quantitative estimate of drug-likeness (QED) is 0.736. The smallest absolute Gasteiger partial charge is 0.114 e. The molecule has 0 bridgehead atoms. The highest BCUT2D eigenvalue weighted by Gasteiger charge is 2.28. The molecule has 2 N–H and O–H groups in total. The van der Waals surface area contributed by atoms with E-state index in [-0.39, 0.29) is 0 Å². The van der Waals surface area contributed by atoms with Crippen molar-refractivity contribution < 1.29 is 0 Å². The van der Waals surface area contributed by atoms with Crippen LogP contribution in [0.2, 0.25) is 5.02 Å². The molecule has 1 aliphatic rings. The normalized spacial score (nSPS) is 14.7. The second kappa shape index (κ2) is 4.78. The summed E-state index contributed by atoms with van der Waals surface area (Å²) in [5, 5.41) is 0.767. The minimum Gasteiger partial charge on any atom is -0.399 e. The molecule has 2 aromatic carbocycles. The number of imidazole rings is 1. The van der Waals surface area contributed by atoms with E-state index in [1.165, 1.54) is 18.4 Å². The Morgan fingerprint density at radius 2 is 1.90 bits per heavy atom. The molecular formula is C17H16ClN3. The van der Waals surface area contributed by atoms with Crippen molar-refractivity contribution in [3.8, 4) is 0 Å². The number of fused-ring (bicyclic) bond motifs is 1. The van der Waals surface area contributed by atoms with Crippen molar-refractivity contribution in [2.75, 3.05) is 5.73 Å². The van der Waals surface area contributed by atoms with Gasteiger partial charge in [-0.1, -0.05) is 23.7 Å². The lowest BCUT2D eigenvalue weighted by Gasteiger charge is -2.08. The SMILES string of the molecule is Nc1ccc(Cc2nc3ccc(Cl)cc3n2C2CC2)cc1. The van der Waals surface area contributed by atoms with Gasteiger partial charge in [-0.05, 0) is 48.7 Å². The molecule has 4 rings (SSSR count). The van der Waals surface area contributed by atoms with E-state index in [9.17, 15) is 0 Å². The molecule has 0 amide bonds. The zero-order valence-corrected chi connectivity index (χ0v) is 12.3. The van der Waals surface area contributed by atoms with Crippen LogP contribution in [0.1, 0.15) is 30.3 Å². The minimum atomic E-state index is 0.581. The maximum absolute atomic E-state index is 6.15. The molecule has 3 aromatic rings. The Kier molecular flexibility index (Phi) is 2.89. The molecule has 4 heteroatoms.